The lowest BCUT2D eigenvalue weighted by atomic mass is 9.83. The first-order chi connectivity index (χ1) is 12.1. The van der Waals surface area contributed by atoms with E-state index < -0.39 is 5.92 Å². The van der Waals surface area contributed by atoms with Crippen molar-refractivity contribution < 1.29 is 18.9 Å². The van der Waals surface area contributed by atoms with Crippen molar-refractivity contribution in [2.75, 3.05) is 21.3 Å². The van der Waals surface area contributed by atoms with E-state index in [1.807, 2.05) is 24.3 Å². The normalized spacial score (nSPS) is 15.7. The number of rotatable bonds is 4. The summed E-state index contributed by atoms with van der Waals surface area (Å²) < 4.78 is 21.8. The van der Waals surface area contributed by atoms with Crippen LogP contribution in [0.3, 0.4) is 0 Å². The van der Waals surface area contributed by atoms with E-state index in [1.54, 1.807) is 33.5 Å². The minimum Gasteiger partial charge on any atom is -0.497 e. The fourth-order valence-corrected chi connectivity index (χ4v) is 3.02. The monoisotopic (exact) mass is 338 g/mol. The molecular weight excluding hydrogens is 320 g/mol. The predicted octanol–water partition coefficient (Wildman–Crippen LogP) is 2.93. The highest BCUT2D eigenvalue weighted by Crippen LogP contribution is 2.47. The molecule has 128 valence electrons. The van der Waals surface area contributed by atoms with Crippen LogP contribution in [-0.4, -0.2) is 21.3 Å². The summed E-state index contributed by atoms with van der Waals surface area (Å²) in [7, 11) is 4.71. The number of hydrogen-bond acceptors (Lipinski definition) is 6. The van der Waals surface area contributed by atoms with Gasteiger partial charge in [0, 0.05) is 17.2 Å². The molecule has 0 saturated heterocycles. The molecule has 6 nitrogen and oxygen atoms in total. The van der Waals surface area contributed by atoms with Crippen molar-refractivity contribution in [2.45, 2.75) is 5.92 Å². The lowest BCUT2D eigenvalue weighted by Gasteiger charge is -2.28. The van der Waals surface area contributed by atoms with Gasteiger partial charge in [0.05, 0.1) is 27.2 Å². The van der Waals surface area contributed by atoms with Gasteiger partial charge in [-0.05, 0) is 12.1 Å². The third-order valence-corrected chi connectivity index (χ3v) is 4.17. The third kappa shape index (κ3) is 2.70. The summed E-state index contributed by atoms with van der Waals surface area (Å²) >= 11 is 0. The minimum absolute atomic E-state index is 0.0677. The maximum atomic E-state index is 9.64. The van der Waals surface area contributed by atoms with Crippen LogP contribution in [0.25, 0.3) is 0 Å². The molecule has 1 atom stereocenters. The molecule has 1 aliphatic heterocycles. The molecular formula is C19H18N2O4. The Morgan fingerprint density at radius 3 is 2.48 bits per heavy atom. The number of methoxy groups -OCH3 is 3. The molecule has 2 N–H and O–H groups in total. The molecule has 0 aromatic heterocycles. The van der Waals surface area contributed by atoms with Crippen molar-refractivity contribution in [1.82, 2.24) is 0 Å². The first kappa shape index (κ1) is 16.5. The lowest BCUT2D eigenvalue weighted by Crippen LogP contribution is -2.21. The first-order valence-electron chi connectivity index (χ1n) is 7.61. The maximum absolute atomic E-state index is 9.64. The summed E-state index contributed by atoms with van der Waals surface area (Å²) in [6.45, 7) is 0. The van der Waals surface area contributed by atoms with E-state index in [-0.39, 0.29) is 5.88 Å². The van der Waals surface area contributed by atoms with Crippen molar-refractivity contribution in [2.24, 2.45) is 5.73 Å². The zero-order chi connectivity index (χ0) is 18.0. The van der Waals surface area contributed by atoms with Crippen LogP contribution in [0.4, 0.5) is 0 Å². The molecule has 0 saturated carbocycles. The van der Waals surface area contributed by atoms with Gasteiger partial charge < -0.3 is 24.7 Å². The Morgan fingerprint density at radius 1 is 1.04 bits per heavy atom. The number of para-hydroxylation sites is 1. The summed E-state index contributed by atoms with van der Waals surface area (Å²) in [6, 6.07) is 13.1. The Kier molecular flexibility index (Phi) is 4.40. The predicted molar refractivity (Wildman–Crippen MR) is 91.8 cm³/mol. The molecule has 0 amide bonds. The largest absolute Gasteiger partial charge is 0.497 e. The number of fused-ring (bicyclic) bond motifs is 1. The molecule has 0 unspecified atom stereocenters. The zero-order valence-electron chi connectivity index (χ0n) is 14.2. The molecule has 0 radical (unpaired) electrons. The molecule has 0 aliphatic carbocycles. The van der Waals surface area contributed by atoms with Crippen LogP contribution in [-0.2, 0) is 0 Å². The third-order valence-electron chi connectivity index (χ3n) is 4.17. The fraction of sp³-hybridized carbons (Fsp3) is 0.211. The molecule has 0 fully saturated rings. The highest BCUT2D eigenvalue weighted by Gasteiger charge is 2.33. The number of benzene rings is 2. The molecule has 2 aromatic carbocycles. The van der Waals surface area contributed by atoms with Crippen LogP contribution in [0.2, 0.25) is 0 Å². The number of nitrogens with two attached hydrogens (primary N) is 1. The van der Waals surface area contributed by atoms with Gasteiger partial charge in [0.1, 0.15) is 23.1 Å². The second-order valence-electron chi connectivity index (χ2n) is 5.41. The standard InChI is InChI=1S/C19H18N2O4/c1-22-11-7-8-12-16(9-11)25-19(21)14(10-20)17(12)13-5-4-6-15(23-2)18(13)24-3/h4-9,17H,21H2,1-3H3/t17-/m0/s1. The van der Waals surface area contributed by atoms with Crippen molar-refractivity contribution in [3.8, 4) is 29.1 Å². The highest BCUT2D eigenvalue weighted by atomic mass is 16.5. The van der Waals surface area contributed by atoms with Gasteiger partial charge in [-0.1, -0.05) is 18.2 Å². The van der Waals surface area contributed by atoms with E-state index in [0.717, 1.165) is 11.1 Å². The van der Waals surface area contributed by atoms with Gasteiger partial charge in [0.15, 0.2) is 11.5 Å². The number of allylic oxidation sites excluding steroid dienone is 1. The van der Waals surface area contributed by atoms with Gasteiger partial charge in [-0.25, -0.2) is 0 Å². The summed E-state index contributed by atoms with van der Waals surface area (Å²) in [5, 5.41) is 9.64. The van der Waals surface area contributed by atoms with Gasteiger partial charge in [-0.15, -0.1) is 0 Å². The molecule has 0 bridgehead atoms. The number of hydrogen-bond donors (Lipinski definition) is 1. The Morgan fingerprint density at radius 2 is 1.84 bits per heavy atom. The second kappa shape index (κ2) is 6.65. The Balaban J connectivity index is 2.26. The van der Waals surface area contributed by atoms with Gasteiger partial charge in [0.25, 0.3) is 0 Å². The second-order valence-corrected chi connectivity index (χ2v) is 5.41. The van der Waals surface area contributed by atoms with Crippen LogP contribution in [0.1, 0.15) is 17.0 Å². The Labute approximate surface area is 146 Å². The van der Waals surface area contributed by atoms with Gasteiger partial charge >= 0.3 is 0 Å². The number of nitriles is 1. The molecule has 1 aliphatic rings. The van der Waals surface area contributed by atoms with Crippen LogP contribution < -0.4 is 24.7 Å². The van der Waals surface area contributed by atoms with Crippen LogP contribution in [0, 0.1) is 11.3 Å². The van der Waals surface area contributed by atoms with E-state index in [0.29, 0.717) is 28.6 Å². The van der Waals surface area contributed by atoms with E-state index in [4.69, 9.17) is 24.7 Å². The van der Waals surface area contributed by atoms with Gasteiger partial charge in [0.2, 0.25) is 5.88 Å². The van der Waals surface area contributed by atoms with Gasteiger partial charge in [-0.3, -0.25) is 0 Å². The molecule has 3 rings (SSSR count). The summed E-state index contributed by atoms with van der Waals surface area (Å²) in [5.41, 5.74) is 7.91. The summed E-state index contributed by atoms with van der Waals surface area (Å²) in [4.78, 5) is 0. The minimum atomic E-state index is -0.426. The molecule has 2 aromatic rings. The molecule has 1 heterocycles. The van der Waals surface area contributed by atoms with Crippen LogP contribution >= 0.6 is 0 Å². The Bertz CT molecular complexity index is 883. The van der Waals surface area contributed by atoms with Crippen LogP contribution in [0.5, 0.6) is 23.0 Å². The van der Waals surface area contributed by atoms with E-state index in [2.05, 4.69) is 6.07 Å². The average Bonchev–Trinajstić information content (AvgIpc) is 2.65. The average molecular weight is 338 g/mol. The highest BCUT2D eigenvalue weighted by molar-refractivity contribution is 5.61. The lowest BCUT2D eigenvalue weighted by molar-refractivity contribution is 0.348. The Hall–Kier alpha value is -3.33. The van der Waals surface area contributed by atoms with Crippen molar-refractivity contribution in [3.05, 3.63) is 59.0 Å². The SMILES string of the molecule is COc1ccc2c(c1)OC(N)=C(C#N)[C@@H]2c1cccc(OC)c1OC. The first-order valence-corrected chi connectivity index (χ1v) is 7.61. The van der Waals surface area contributed by atoms with Crippen LogP contribution in [0.15, 0.2) is 47.9 Å². The topological polar surface area (TPSA) is 86.7 Å². The quantitative estimate of drug-likeness (QED) is 0.922. The number of nitrogens with zero attached hydrogens (tertiary/aromatic N) is 1. The van der Waals surface area contributed by atoms with E-state index >= 15 is 0 Å². The number of ether oxygens (including phenoxy) is 4. The van der Waals surface area contributed by atoms with Crippen molar-refractivity contribution in [3.63, 3.8) is 0 Å². The molecule has 0 spiro atoms. The van der Waals surface area contributed by atoms with Gasteiger partial charge in [-0.2, -0.15) is 5.26 Å². The molecule has 6 heteroatoms. The fourth-order valence-electron chi connectivity index (χ4n) is 3.02. The van der Waals surface area contributed by atoms with Crippen molar-refractivity contribution in [1.29, 1.82) is 5.26 Å². The zero-order valence-corrected chi connectivity index (χ0v) is 14.2. The summed E-state index contributed by atoms with van der Waals surface area (Å²) in [5.74, 6) is 1.97. The van der Waals surface area contributed by atoms with E-state index in [1.165, 1.54) is 0 Å². The summed E-state index contributed by atoms with van der Waals surface area (Å²) in [6.07, 6.45) is 0. The molecule has 25 heavy (non-hydrogen) atoms. The maximum Gasteiger partial charge on any atom is 0.205 e. The smallest absolute Gasteiger partial charge is 0.205 e. The van der Waals surface area contributed by atoms with E-state index in [9.17, 15) is 5.26 Å². The van der Waals surface area contributed by atoms with Crippen molar-refractivity contribution >= 4 is 0 Å².